The Morgan fingerprint density at radius 1 is 1.22 bits per heavy atom. The highest BCUT2D eigenvalue weighted by Crippen LogP contribution is 2.30. The Labute approximate surface area is 108 Å². The van der Waals surface area contributed by atoms with Crippen molar-refractivity contribution in [2.45, 2.75) is 33.6 Å². The number of rotatable bonds is 4. The van der Waals surface area contributed by atoms with Gasteiger partial charge in [0.15, 0.2) is 0 Å². The van der Waals surface area contributed by atoms with Crippen LogP contribution in [0.25, 0.3) is 0 Å². The summed E-state index contributed by atoms with van der Waals surface area (Å²) in [5.41, 5.74) is 2.45. The Morgan fingerprint density at radius 2 is 1.94 bits per heavy atom. The number of Topliss-reactive ketones (excluding diaryl/α,β-unsaturated/α-hetero) is 1. The Kier molecular flexibility index (Phi) is 3.50. The van der Waals surface area contributed by atoms with Crippen LogP contribution >= 0.6 is 0 Å². The lowest BCUT2D eigenvalue weighted by atomic mass is 10.1. The summed E-state index contributed by atoms with van der Waals surface area (Å²) in [6, 6.07) is 5.75. The van der Waals surface area contributed by atoms with E-state index >= 15 is 0 Å². The minimum atomic E-state index is -0.376. The molecule has 0 saturated carbocycles. The van der Waals surface area contributed by atoms with E-state index in [0.717, 1.165) is 24.1 Å². The fourth-order valence-corrected chi connectivity index (χ4v) is 2.19. The number of carbonyl (C=O) groups is 2. The van der Waals surface area contributed by atoms with Gasteiger partial charge in [-0.25, -0.2) is 0 Å². The van der Waals surface area contributed by atoms with E-state index in [1.807, 2.05) is 25.1 Å². The molecule has 0 bridgehead atoms. The van der Waals surface area contributed by atoms with Crippen molar-refractivity contribution in [3.63, 3.8) is 0 Å². The van der Waals surface area contributed by atoms with Crippen molar-refractivity contribution in [2.24, 2.45) is 5.92 Å². The SMILES string of the molecule is CCc1ccc2c(c1)C(=O)C(=O)N2CC(C)CC. The molecule has 0 saturated heterocycles. The normalized spacial score (nSPS) is 16.1. The molecule has 18 heavy (non-hydrogen) atoms. The minimum absolute atomic E-state index is 0.358. The molecule has 3 nitrogen and oxygen atoms in total. The zero-order valence-electron chi connectivity index (χ0n) is 11.2. The van der Waals surface area contributed by atoms with E-state index in [9.17, 15) is 9.59 Å². The summed E-state index contributed by atoms with van der Waals surface area (Å²) >= 11 is 0. The first kappa shape index (κ1) is 12.8. The van der Waals surface area contributed by atoms with E-state index < -0.39 is 0 Å². The highest BCUT2D eigenvalue weighted by molar-refractivity contribution is 6.52. The Balaban J connectivity index is 2.37. The fourth-order valence-electron chi connectivity index (χ4n) is 2.19. The molecule has 0 aromatic heterocycles. The molecule has 1 aromatic carbocycles. The molecule has 0 aliphatic carbocycles. The van der Waals surface area contributed by atoms with E-state index in [-0.39, 0.29) is 11.7 Å². The first-order valence-electron chi connectivity index (χ1n) is 6.57. The Bertz CT molecular complexity index is 493. The fraction of sp³-hybridized carbons (Fsp3) is 0.467. The molecule has 1 aliphatic rings. The van der Waals surface area contributed by atoms with Gasteiger partial charge in [-0.1, -0.05) is 33.3 Å². The van der Waals surface area contributed by atoms with Crippen LogP contribution in [0, 0.1) is 5.92 Å². The number of hydrogen-bond acceptors (Lipinski definition) is 2. The van der Waals surface area contributed by atoms with Gasteiger partial charge in [-0.2, -0.15) is 0 Å². The van der Waals surface area contributed by atoms with Crippen molar-refractivity contribution >= 4 is 17.4 Å². The van der Waals surface area contributed by atoms with Crippen LogP contribution in [0.3, 0.4) is 0 Å². The van der Waals surface area contributed by atoms with Crippen LogP contribution in [0.5, 0.6) is 0 Å². The predicted molar refractivity (Wildman–Crippen MR) is 72.0 cm³/mol. The first-order valence-corrected chi connectivity index (χ1v) is 6.57. The van der Waals surface area contributed by atoms with Crippen LogP contribution in [-0.4, -0.2) is 18.2 Å². The van der Waals surface area contributed by atoms with E-state index in [1.165, 1.54) is 0 Å². The van der Waals surface area contributed by atoms with Gasteiger partial charge in [0, 0.05) is 6.54 Å². The molecule has 0 fully saturated rings. The summed E-state index contributed by atoms with van der Waals surface area (Å²) in [4.78, 5) is 25.6. The van der Waals surface area contributed by atoms with Gasteiger partial charge in [0.2, 0.25) is 0 Å². The van der Waals surface area contributed by atoms with E-state index in [2.05, 4.69) is 13.8 Å². The third-order valence-corrected chi connectivity index (χ3v) is 3.64. The van der Waals surface area contributed by atoms with Gasteiger partial charge >= 0.3 is 0 Å². The zero-order chi connectivity index (χ0) is 13.3. The number of amides is 1. The molecule has 1 heterocycles. The molecule has 0 N–H and O–H groups in total. The van der Waals surface area contributed by atoms with Gasteiger partial charge in [-0.15, -0.1) is 0 Å². The number of anilines is 1. The monoisotopic (exact) mass is 245 g/mol. The lowest BCUT2D eigenvalue weighted by Crippen LogP contribution is -2.33. The average molecular weight is 245 g/mol. The molecular weight excluding hydrogens is 226 g/mol. The van der Waals surface area contributed by atoms with Crippen molar-refractivity contribution in [2.75, 3.05) is 11.4 Å². The summed E-state index contributed by atoms with van der Waals surface area (Å²) in [5, 5.41) is 0. The molecule has 1 unspecified atom stereocenters. The quantitative estimate of drug-likeness (QED) is 0.765. The van der Waals surface area contributed by atoms with E-state index in [4.69, 9.17) is 0 Å². The van der Waals surface area contributed by atoms with Gasteiger partial charge < -0.3 is 4.90 Å². The van der Waals surface area contributed by atoms with Crippen molar-refractivity contribution in [1.29, 1.82) is 0 Å². The molecule has 96 valence electrons. The second-order valence-corrected chi connectivity index (χ2v) is 4.96. The molecular formula is C15H19NO2. The van der Waals surface area contributed by atoms with Crippen LogP contribution < -0.4 is 4.90 Å². The summed E-state index contributed by atoms with van der Waals surface area (Å²) in [5.74, 6) is -0.333. The predicted octanol–water partition coefficient (Wildman–Crippen LogP) is 2.82. The summed E-state index contributed by atoms with van der Waals surface area (Å²) in [6.45, 7) is 6.85. The third-order valence-electron chi connectivity index (χ3n) is 3.64. The lowest BCUT2D eigenvalue weighted by molar-refractivity contribution is -0.114. The number of aryl methyl sites for hydroxylation is 1. The van der Waals surface area contributed by atoms with Crippen molar-refractivity contribution in [3.05, 3.63) is 29.3 Å². The van der Waals surface area contributed by atoms with Crippen molar-refractivity contribution in [3.8, 4) is 0 Å². The van der Waals surface area contributed by atoms with E-state index in [1.54, 1.807) is 4.90 Å². The smallest absolute Gasteiger partial charge is 0.299 e. The highest BCUT2D eigenvalue weighted by atomic mass is 16.2. The third kappa shape index (κ3) is 2.05. The largest absolute Gasteiger partial charge is 0.304 e. The number of nitrogens with zero attached hydrogens (tertiary/aromatic N) is 1. The molecule has 0 spiro atoms. The maximum atomic E-state index is 12.0. The maximum Gasteiger partial charge on any atom is 0.299 e. The molecule has 0 radical (unpaired) electrons. The lowest BCUT2D eigenvalue weighted by Gasteiger charge is -2.20. The number of ketones is 1. The summed E-state index contributed by atoms with van der Waals surface area (Å²) in [6.07, 6.45) is 1.88. The van der Waals surface area contributed by atoms with Crippen LogP contribution in [0.2, 0.25) is 0 Å². The maximum absolute atomic E-state index is 12.0. The highest BCUT2D eigenvalue weighted by Gasteiger charge is 2.36. The Morgan fingerprint density at radius 3 is 2.56 bits per heavy atom. The minimum Gasteiger partial charge on any atom is -0.304 e. The van der Waals surface area contributed by atoms with Crippen LogP contribution in [0.15, 0.2) is 18.2 Å². The summed E-state index contributed by atoms with van der Waals surface area (Å²) < 4.78 is 0. The van der Waals surface area contributed by atoms with Crippen molar-refractivity contribution in [1.82, 2.24) is 0 Å². The summed E-state index contributed by atoms with van der Waals surface area (Å²) in [7, 11) is 0. The van der Waals surface area contributed by atoms with Gasteiger partial charge in [-0.05, 0) is 30.0 Å². The average Bonchev–Trinajstić information content (AvgIpc) is 2.63. The standard InChI is InChI=1S/C15H19NO2/c1-4-10(3)9-16-13-7-6-11(5-2)8-12(13)14(17)15(16)18/h6-8,10H,4-5,9H2,1-3H3. The van der Waals surface area contributed by atoms with Crippen LogP contribution in [0.1, 0.15) is 43.1 Å². The zero-order valence-corrected chi connectivity index (χ0v) is 11.2. The molecule has 1 atom stereocenters. The van der Waals surface area contributed by atoms with Gasteiger partial charge in [0.1, 0.15) is 0 Å². The number of benzene rings is 1. The molecule has 1 aromatic rings. The molecule has 2 rings (SSSR count). The molecule has 1 amide bonds. The van der Waals surface area contributed by atoms with Gasteiger partial charge in [0.05, 0.1) is 11.3 Å². The van der Waals surface area contributed by atoms with Gasteiger partial charge in [-0.3, -0.25) is 9.59 Å². The Hall–Kier alpha value is -1.64. The number of hydrogen-bond donors (Lipinski definition) is 0. The first-order chi connectivity index (χ1) is 8.58. The second kappa shape index (κ2) is 4.92. The van der Waals surface area contributed by atoms with E-state index in [0.29, 0.717) is 18.0 Å². The second-order valence-electron chi connectivity index (χ2n) is 4.96. The molecule has 3 heteroatoms. The van der Waals surface area contributed by atoms with Crippen LogP contribution in [-0.2, 0) is 11.2 Å². The number of carbonyl (C=O) groups excluding carboxylic acids is 2. The topological polar surface area (TPSA) is 37.4 Å². The van der Waals surface area contributed by atoms with Gasteiger partial charge in [0.25, 0.3) is 11.7 Å². The van der Waals surface area contributed by atoms with Crippen LogP contribution in [0.4, 0.5) is 5.69 Å². The van der Waals surface area contributed by atoms with Crippen molar-refractivity contribution < 1.29 is 9.59 Å². The molecule has 1 aliphatic heterocycles. The number of fused-ring (bicyclic) bond motifs is 1.